The summed E-state index contributed by atoms with van der Waals surface area (Å²) in [6.07, 6.45) is 0. The molecule has 1 aromatic rings. The standard InChI is InChI=1S/C21H31NO7/c1-7-27-18(23)17(22-15-10-12-16(26-6)13-11-15)21(14(4)5,19(24)28-8-2)20(25)29-9-3/h10-14,17,22H,7-9H2,1-6H3/t17-/m1/s1. The quantitative estimate of drug-likeness (QED) is 0.338. The van der Waals surface area contributed by atoms with Gasteiger partial charge in [-0.05, 0) is 51.0 Å². The first-order chi connectivity index (χ1) is 13.8. The van der Waals surface area contributed by atoms with E-state index in [1.54, 1.807) is 58.9 Å². The fraction of sp³-hybridized carbons (Fsp3) is 0.571. The molecular weight excluding hydrogens is 378 g/mol. The Kier molecular flexibility index (Phi) is 9.44. The first-order valence-corrected chi connectivity index (χ1v) is 9.71. The van der Waals surface area contributed by atoms with Crippen LogP contribution in [0.5, 0.6) is 5.75 Å². The molecule has 8 heteroatoms. The lowest BCUT2D eigenvalue weighted by Gasteiger charge is -2.38. The Morgan fingerprint density at radius 3 is 1.76 bits per heavy atom. The van der Waals surface area contributed by atoms with Crippen LogP contribution in [0.25, 0.3) is 0 Å². The molecule has 0 heterocycles. The molecule has 162 valence electrons. The largest absolute Gasteiger partial charge is 0.497 e. The van der Waals surface area contributed by atoms with Gasteiger partial charge in [0.1, 0.15) is 5.75 Å². The molecule has 29 heavy (non-hydrogen) atoms. The number of methoxy groups -OCH3 is 1. The Hall–Kier alpha value is -2.77. The molecule has 1 rings (SSSR count). The van der Waals surface area contributed by atoms with Crippen molar-refractivity contribution >= 4 is 23.6 Å². The minimum Gasteiger partial charge on any atom is -0.497 e. The van der Waals surface area contributed by atoms with Crippen LogP contribution in [0.2, 0.25) is 0 Å². The summed E-state index contributed by atoms with van der Waals surface area (Å²) in [5, 5.41) is 2.98. The van der Waals surface area contributed by atoms with Gasteiger partial charge in [0.25, 0.3) is 0 Å². The summed E-state index contributed by atoms with van der Waals surface area (Å²) in [7, 11) is 1.54. The van der Waals surface area contributed by atoms with Gasteiger partial charge in [-0.3, -0.25) is 9.59 Å². The molecule has 1 aromatic carbocycles. The average Bonchev–Trinajstić information content (AvgIpc) is 2.68. The number of ether oxygens (including phenoxy) is 4. The number of carbonyl (C=O) groups excluding carboxylic acids is 3. The molecule has 1 N–H and O–H groups in total. The van der Waals surface area contributed by atoms with Gasteiger partial charge in [0.05, 0.1) is 26.9 Å². The number of hydrogen-bond acceptors (Lipinski definition) is 8. The topological polar surface area (TPSA) is 100 Å². The fourth-order valence-electron chi connectivity index (χ4n) is 3.06. The average molecular weight is 409 g/mol. The molecule has 0 saturated heterocycles. The zero-order valence-corrected chi connectivity index (χ0v) is 17.9. The van der Waals surface area contributed by atoms with Crippen LogP contribution >= 0.6 is 0 Å². The number of nitrogens with one attached hydrogen (secondary N) is 1. The van der Waals surface area contributed by atoms with Gasteiger partial charge in [0, 0.05) is 5.69 Å². The Morgan fingerprint density at radius 2 is 1.38 bits per heavy atom. The predicted molar refractivity (Wildman–Crippen MR) is 108 cm³/mol. The van der Waals surface area contributed by atoms with Gasteiger partial charge < -0.3 is 24.3 Å². The van der Waals surface area contributed by atoms with Crippen molar-refractivity contribution in [1.29, 1.82) is 0 Å². The highest BCUT2D eigenvalue weighted by atomic mass is 16.6. The number of carbonyl (C=O) groups is 3. The summed E-state index contributed by atoms with van der Waals surface area (Å²) < 4.78 is 20.8. The lowest BCUT2D eigenvalue weighted by atomic mass is 9.70. The maximum absolute atomic E-state index is 13.1. The van der Waals surface area contributed by atoms with Gasteiger partial charge >= 0.3 is 17.9 Å². The molecule has 0 unspecified atom stereocenters. The third kappa shape index (κ3) is 5.40. The zero-order valence-electron chi connectivity index (χ0n) is 17.9. The summed E-state index contributed by atoms with van der Waals surface area (Å²) in [5.41, 5.74) is -1.43. The number of rotatable bonds is 11. The van der Waals surface area contributed by atoms with Crippen LogP contribution in [-0.2, 0) is 28.6 Å². The number of esters is 3. The minimum atomic E-state index is -1.93. The third-order valence-corrected chi connectivity index (χ3v) is 4.52. The molecule has 0 aliphatic carbocycles. The van der Waals surface area contributed by atoms with Gasteiger partial charge in [0.15, 0.2) is 11.5 Å². The highest BCUT2D eigenvalue weighted by molar-refractivity contribution is 6.06. The van der Waals surface area contributed by atoms with Gasteiger partial charge in [-0.1, -0.05) is 13.8 Å². The first kappa shape index (κ1) is 24.3. The summed E-state index contributed by atoms with van der Waals surface area (Å²) >= 11 is 0. The molecule has 0 fully saturated rings. The summed E-state index contributed by atoms with van der Waals surface area (Å²) in [4.78, 5) is 39.1. The van der Waals surface area contributed by atoms with Crippen LogP contribution in [0.4, 0.5) is 5.69 Å². The van der Waals surface area contributed by atoms with Crippen molar-refractivity contribution in [3.8, 4) is 5.75 Å². The SMILES string of the molecule is CCOC(=O)[C@@H](Nc1ccc(OC)cc1)C(C(=O)OCC)(C(=O)OCC)C(C)C. The summed E-state index contributed by atoms with van der Waals surface area (Å²) in [6, 6.07) is 5.37. The van der Waals surface area contributed by atoms with Crippen LogP contribution in [0.15, 0.2) is 24.3 Å². The van der Waals surface area contributed by atoms with Crippen LogP contribution in [-0.4, -0.2) is 50.9 Å². The van der Waals surface area contributed by atoms with Crippen LogP contribution in [0.3, 0.4) is 0 Å². The second-order valence-electron chi connectivity index (χ2n) is 6.52. The Labute approximate surface area is 171 Å². The monoisotopic (exact) mass is 409 g/mol. The molecule has 0 saturated carbocycles. The van der Waals surface area contributed by atoms with E-state index in [4.69, 9.17) is 18.9 Å². The molecule has 0 aromatic heterocycles. The minimum absolute atomic E-state index is 0.0464. The van der Waals surface area contributed by atoms with E-state index < -0.39 is 35.3 Å². The lowest BCUT2D eigenvalue weighted by Crippen LogP contribution is -2.60. The summed E-state index contributed by atoms with van der Waals surface area (Å²) in [5.74, 6) is -2.44. The number of benzene rings is 1. The highest BCUT2D eigenvalue weighted by Crippen LogP contribution is 2.38. The van der Waals surface area contributed by atoms with Crippen molar-refractivity contribution in [3.05, 3.63) is 24.3 Å². The number of anilines is 1. The van der Waals surface area contributed by atoms with Crippen LogP contribution in [0.1, 0.15) is 34.6 Å². The van der Waals surface area contributed by atoms with E-state index in [-0.39, 0.29) is 19.8 Å². The molecular formula is C21H31NO7. The zero-order chi connectivity index (χ0) is 22.0. The smallest absolute Gasteiger partial charge is 0.330 e. The Balaban J connectivity index is 3.56. The third-order valence-electron chi connectivity index (χ3n) is 4.52. The van der Waals surface area contributed by atoms with E-state index in [9.17, 15) is 14.4 Å². The molecule has 0 radical (unpaired) electrons. The van der Waals surface area contributed by atoms with E-state index >= 15 is 0 Å². The van der Waals surface area contributed by atoms with Crippen molar-refractivity contribution in [2.45, 2.75) is 40.7 Å². The van der Waals surface area contributed by atoms with Crippen LogP contribution < -0.4 is 10.1 Å². The second kappa shape index (κ2) is 11.3. The molecule has 1 atom stereocenters. The molecule has 0 aliphatic rings. The van der Waals surface area contributed by atoms with Crippen molar-refractivity contribution < 1.29 is 33.3 Å². The van der Waals surface area contributed by atoms with Crippen molar-refractivity contribution in [2.75, 3.05) is 32.2 Å². The molecule has 0 aliphatic heterocycles. The van der Waals surface area contributed by atoms with Gasteiger partial charge in [0.2, 0.25) is 0 Å². The van der Waals surface area contributed by atoms with E-state index in [1.807, 2.05) is 0 Å². The first-order valence-electron chi connectivity index (χ1n) is 9.71. The molecule has 0 amide bonds. The van der Waals surface area contributed by atoms with Crippen LogP contribution in [0, 0.1) is 11.3 Å². The Bertz CT molecular complexity index is 667. The summed E-state index contributed by atoms with van der Waals surface area (Å²) in [6.45, 7) is 8.41. The van der Waals surface area contributed by atoms with Gasteiger partial charge in [-0.2, -0.15) is 0 Å². The number of hydrogen-bond donors (Lipinski definition) is 1. The van der Waals surface area contributed by atoms with E-state index in [0.29, 0.717) is 11.4 Å². The van der Waals surface area contributed by atoms with Gasteiger partial charge in [-0.25, -0.2) is 4.79 Å². The molecule has 8 nitrogen and oxygen atoms in total. The molecule has 0 bridgehead atoms. The van der Waals surface area contributed by atoms with Crippen molar-refractivity contribution in [2.24, 2.45) is 11.3 Å². The van der Waals surface area contributed by atoms with Crippen molar-refractivity contribution in [3.63, 3.8) is 0 Å². The normalized spacial score (nSPS) is 12.1. The maximum Gasteiger partial charge on any atom is 0.330 e. The lowest BCUT2D eigenvalue weighted by molar-refractivity contribution is -0.182. The second-order valence-corrected chi connectivity index (χ2v) is 6.52. The molecule has 0 spiro atoms. The maximum atomic E-state index is 13.1. The predicted octanol–water partition coefficient (Wildman–Crippen LogP) is 2.81. The van der Waals surface area contributed by atoms with Crippen molar-refractivity contribution in [1.82, 2.24) is 0 Å². The van der Waals surface area contributed by atoms with E-state index in [2.05, 4.69) is 5.32 Å². The fourth-order valence-corrected chi connectivity index (χ4v) is 3.06. The van der Waals surface area contributed by atoms with E-state index in [1.165, 1.54) is 7.11 Å². The van der Waals surface area contributed by atoms with E-state index in [0.717, 1.165) is 0 Å². The highest BCUT2D eigenvalue weighted by Gasteiger charge is 2.61. The Morgan fingerprint density at radius 1 is 0.897 bits per heavy atom. The van der Waals surface area contributed by atoms with Gasteiger partial charge in [-0.15, -0.1) is 0 Å².